The average Bonchev–Trinajstić information content (AvgIpc) is 2.70. The number of anilines is 1. The lowest BCUT2D eigenvalue weighted by atomic mass is 9.75. The molecule has 0 aromatic carbocycles. The van der Waals surface area contributed by atoms with Crippen molar-refractivity contribution in [2.45, 2.75) is 59.3 Å². The number of aromatic nitrogens is 2. The molecular weight excluding hydrogens is 408 g/mol. The molecule has 2 N–H and O–H groups in total. The third-order valence-electron chi connectivity index (χ3n) is 5.97. The number of ether oxygens (including phenoxy) is 1. The number of aromatic amines is 1. The molecule has 32 heavy (non-hydrogen) atoms. The van der Waals surface area contributed by atoms with Gasteiger partial charge in [0.05, 0.1) is 12.2 Å². The molecule has 0 saturated carbocycles. The van der Waals surface area contributed by atoms with Crippen molar-refractivity contribution in [3.63, 3.8) is 0 Å². The van der Waals surface area contributed by atoms with Crippen molar-refractivity contribution >= 4 is 17.5 Å². The third-order valence-corrected chi connectivity index (χ3v) is 5.97. The minimum Gasteiger partial charge on any atom is -0.372 e. The van der Waals surface area contributed by atoms with Crippen LogP contribution in [0.25, 0.3) is 0 Å². The number of fused-ring (bicyclic) bond motifs is 1. The number of rotatable bonds is 4. The van der Waals surface area contributed by atoms with E-state index >= 15 is 0 Å². The number of pyridine rings is 2. The highest BCUT2D eigenvalue weighted by atomic mass is 16.5. The zero-order chi connectivity index (χ0) is 23.0. The minimum absolute atomic E-state index is 0.0438. The van der Waals surface area contributed by atoms with Gasteiger partial charge in [0.2, 0.25) is 0 Å². The first-order chi connectivity index (χ1) is 15.1. The predicted molar refractivity (Wildman–Crippen MR) is 121 cm³/mol. The van der Waals surface area contributed by atoms with Crippen LogP contribution < -0.4 is 15.8 Å². The van der Waals surface area contributed by atoms with Crippen molar-refractivity contribution in [2.75, 3.05) is 18.0 Å². The van der Waals surface area contributed by atoms with E-state index in [1.807, 2.05) is 39.8 Å². The lowest BCUT2D eigenvalue weighted by Crippen LogP contribution is -2.45. The second kappa shape index (κ2) is 8.50. The van der Waals surface area contributed by atoms with Crippen molar-refractivity contribution < 1.29 is 14.3 Å². The average molecular weight is 439 g/mol. The van der Waals surface area contributed by atoms with Gasteiger partial charge in [-0.25, -0.2) is 4.98 Å². The summed E-state index contributed by atoms with van der Waals surface area (Å²) in [6.45, 7) is 9.87. The molecule has 170 valence electrons. The summed E-state index contributed by atoms with van der Waals surface area (Å²) in [4.78, 5) is 47.1. The Morgan fingerprint density at radius 2 is 1.94 bits per heavy atom. The van der Waals surface area contributed by atoms with Gasteiger partial charge in [-0.05, 0) is 43.4 Å². The van der Waals surface area contributed by atoms with E-state index < -0.39 is 11.5 Å². The summed E-state index contributed by atoms with van der Waals surface area (Å²) in [7, 11) is 0. The fourth-order valence-electron chi connectivity index (χ4n) is 4.55. The largest absolute Gasteiger partial charge is 0.372 e. The topological polar surface area (TPSA) is 104 Å². The normalized spacial score (nSPS) is 22.4. The molecule has 1 aliphatic carbocycles. The Morgan fingerprint density at radius 1 is 1.22 bits per heavy atom. The number of nitrogens with one attached hydrogen (secondary N) is 2. The molecule has 0 bridgehead atoms. The standard InChI is InChI=1S/C24H30N4O4/c1-14-12-28(13-15(2)32-14)21-6-5-16(10-25-21)11-26-22(30)18-7-17-19(27-23(18)31)8-24(3,4)9-20(17)29/h5-7,10,14-15H,8-9,11-13H2,1-4H3,(H,26,30)(H,27,31). The van der Waals surface area contributed by atoms with E-state index in [0.717, 1.165) is 24.5 Å². The summed E-state index contributed by atoms with van der Waals surface area (Å²) in [5, 5.41) is 2.76. The maximum atomic E-state index is 12.7. The smallest absolute Gasteiger partial charge is 0.261 e. The van der Waals surface area contributed by atoms with E-state index in [4.69, 9.17) is 4.74 Å². The molecule has 2 aromatic heterocycles. The Bertz CT molecular complexity index is 1080. The molecule has 2 atom stereocenters. The molecular formula is C24H30N4O4. The van der Waals surface area contributed by atoms with Gasteiger partial charge in [-0.2, -0.15) is 0 Å². The van der Waals surface area contributed by atoms with Crippen LogP contribution in [0.3, 0.4) is 0 Å². The second-order valence-electron chi connectivity index (χ2n) is 9.71. The first-order valence-corrected chi connectivity index (χ1v) is 11.0. The fraction of sp³-hybridized carbons (Fsp3) is 0.500. The Kier molecular flexibility index (Phi) is 5.90. The van der Waals surface area contributed by atoms with Gasteiger partial charge >= 0.3 is 0 Å². The molecule has 8 nitrogen and oxygen atoms in total. The maximum Gasteiger partial charge on any atom is 0.261 e. The Morgan fingerprint density at radius 3 is 2.59 bits per heavy atom. The highest BCUT2D eigenvalue weighted by Crippen LogP contribution is 2.33. The van der Waals surface area contributed by atoms with Gasteiger partial charge in [0.1, 0.15) is 11.4 Å². The first-order valence-electron chi connectivity index (χ1n) is 11.0. The number of hydrogen-bond acceptors (Lipinski definition) is 6. The van der Waals surface area contributed by atoms with Crippen LogP contribution in [-0.2, 0) is 17.7 Å². The number of nitrogens with zero attached hydrogens (tertiary/aromatic N) is 2. The Labute approximate surface area is 187 Å². The number of Topliss-reactive ketones (excluding diaryl/α,β-unsaturated/α-hetero) is 1. The molecule has 3 heterocycles. The van der Waals surface area contributed by atoms with Crippen LogP contribution in [0.1, 0.15) is 66.1 Å². The maximum absolute atomic E-state index is 12.7. The lowest BCUT2D eigenvalue weighted by molar-refractivity contribution is -0.00546. The SMILES string of the molecule is CC1CN(c2ccc(CNC(=O)c3cc4c([nH]c3=O)CC(C)(C)CC4=O)cn2)CC(C)O1. The van der Waals surface area contributed by atoms with Gasteiger partial charge < -0.3 is 19.9 Å². The van der Waals surface area contributed by atoms with E-state index in [1.165, 1.54) is 6.07 Å². The van der Waals surface area contributed by atoms with Crippen LogP contribution in [0.15, 0.2) is 29.2 Å². The van der Waals surface area contributed by atoms with Crippen molar-refractivity contribution in [1.82, 2.24) is 15.3 Å². The van der Waals surface area contributed by atoms with Gasteiger partial charge in [0.25, 0.3) is 11.5 Å². The first kappa shape index (κ1) is 22.2. The molecule has 1 amide bonds. The number of hydrogen-bond donors (Lipinski definition) is 2. The molecule has 0 radical (unpaired) electrons. The van der Waals surface area contributed by atoms with Gasteiger partial charge in [0, 0.05) is 43.5 Å². The summed E-state index contributed by atoms with van der Waals surface area (Å²) in [6, 6.07) is 5.28. The molecule has 1 fully saturated rings. The molecule has 1 aliphatic heterocycles. The number of amides is 1. The number of carbonyl (C=O) groups is 2. The highest BCUT2D eigenvalue weighted by Gasteiger charge is 2.32. The van der Waals surface area contributed by atoms with Crippen molar-refractivity contribution in [3.05, 3.63) is 57.1 Å². The number of carbonyl (C=O) groups excluding carboxylic acids is 2. The van der Waals surface area contributed by atoms with Crippen LogP contribution in [0.5, 0.6) is 0 Å². The summed E-state index contributed by atoms with van der Waals surface area (Å²) in [5.74, 6) is 0.314. The van der Waals surface area contributed by atoms with Gasteiger partial charge in [-0.3, -0.25) is 14.4 Å². The van der Waals surface area contributed by atoms with Gasteiger partial charge in [-0.1, -0.05) is 19.9 Å². The van der Waals surface area contributed by atoms with E-state index in [1.54, 1.807) is 6.20 Å². The van der Waals surface area contributed by atoms with Crippen LogP contribution in [0.2, 0.25) is 0 Å². The fourth-order valence-corrected chi connectivity index (χ4v) is 4.55. The molecule has 2 unspecified atom stereocenters. The molecule has 2 aromatic rings. The van der Waals surface area contributed by atoms with Gasteiger partial charge in [-0.15, -0.1) is 0 Å². The zero-order valence-corrected chi connectivity index (χ0v) is 19.0. The molecule has 8 heteroatoms. The number of H-pyrrole nitrogens is 1. The Balaban J connectivity index is 1.43. The number of morpholine rings is 1. The van der Waals surface area contributed by atoms with Crippen LogP contribution in [0.4, 0.5) is 5.82 Å². The van der Waals surface area contributed by atoms with Crippen LogP contribution in [-0.4, -0.2) is 47.0 Å². The molecule has 4 rings (SSSR count). The van der Waals surface area contributed by atoms with E-state index in [0.29, 0.717) is 24.1 Å². The zero-order valence-electron chi connectivity index (χ0n) is 19.0. The van der Waals surface area contributed by atoms with E-state index in [2.05, 4.69) is 20.2 Å². The highest BCUT2D eigenvalue weighted by molar-refractivity contribution is 6.02. The summed E-state index contributed by atoms with van der Waals surface area (Å²) >= 11 is 0. The van der Waals surface area contributed by atoms with Gasteiger partial charge in [0.15, 0.2) is 5.78 Å². The van der Waals surface area contributed by atoms with Crippen LogP contribution >= 0.6 is 0 Å². The van der Waals surface area contributed by atoms with Crippen molar-refractivity contribution in [1.29, 1.82) is 0 Å². The quantitative estimate of drug-likeness (QED) is 0.760. The van der Waals surface area contributed by atoms with Crippen LogP contribution in [0, 0.1) is 5.41 Å². The van der Waals surface area contributed by atoms with Crippen molar-refractivity contribution in [2.24, 2.45) is 5.41 Å². The summed E-state index contributed by atoms with van der Waals surface area (Å²) < 4.78 is 5.76. The third kappa shape index (κ3) is 4.75. The lowest BCUT2D eigenvalue weighted by Gasteiger charge is -2.36. The Hall–Kier alpha value is -3.00. The minimum atomic E-state index is -0.508. The summed E-state index contributed by atoms with van der Waals surface area (Å²) in [5.41, 5.74) is 1.15. The van der Waals surface area contributed by atoms with E-state index in [9.17, 15) is 14.4 Å². The summed E-state index contributed by atoms with van der Waals surface area (Å²) in [6.07, 6.45) is 3.01. The molecule has 1 saturated heterocycles. The second-order valence-corrected chi connectivity index (χ2v) is 9.71. The van der Waals surface area contributed by atoms with Crippen molar-refractivity contribution in [3.8, 4) is 0 Å². The number of ketones is 1. The van der Waals surface area contributed by atoms with E-state index in [-0.39, 0.29) is 35.5 Å². The predicted octanol–water partition coefficient (Wildman–Crippen LogP) is 2.47. The molecule has 2 aliphatic rings. The monoisotopic (exact) mass is 438 g/mol. The molecule has 0 spiro atoms.